The van der Waals surface area contributed by atoms with Crippen LogP contribution in [0.15, 0.2) is 71.5 Å². The lowest BCUT2D eigenvalue weighted by atomic mass is 9.96. The Morgan fingerprint density at radius 1 is 1.06 bits per heavy atom. The third-order valence-electron chi connectivity index (χ3n) is 6.59. The second kappa shape index (κ2) is 11.1. The molecule has 2 atom stereocenters. The van der Waals surface area contributed by atoms with Crippen LogP contribution in [0.3, 0.4) is 0 Å². The van der Waals surface area contributed by atoms with Gasteiger partial charge in [-0.2, -0.15) is 4.68 Å². The van der Waals surface area contributed by atoms with Gasteiger partial charge >= 0.3 is 0 Å². The maximum absolute atomic E-state index is 13.0. The first-order valence-corrected chi connectivity index (χ1v) is 12.3. The number of carbonyl (C=O) groups is 1. The minimum absolute atomic E-state index is 0.0843. The normalized spacial score (nSPS) is 16.8. The summed E-state index contributed by atoms with van der Waals surface area (Å²) in [6.45, 7) is 5.61. The second-order valence-electron chi connectivity index (χ2n) is 9.18. The van der Waals surface area contributed by atoms with Gasteiger partial charge in [-0.1, -0.05) is 49.4 Å². The first kappa shape index (κ1) is 23.7. The summed E-state index contributed by atoms with van der Waals surface area (Å²) >= 11 is 0. The molecule has 0 saturated carbocycles. The first-order valence-electron chi connectivity index (χ1n) is 12.3. The van der Waals surface area contributed by atoms with E-state index in [1.54, 1.807) is 12.1 Å². The molecule has 0 aliphatic carbocycles. The summed E-state index contributed by atoms with van der Waals surface area (Å²) < 4.78 is 1.45. The number of aromatic nitrogens is 2. The number of nitrogens with zero attached hydrogens (tertiary/aromatic N) is 3. The third kappa shape index (κ3) is 5.93. The topological polar surface area (TPSA) is 67.2 Å². The van der Waals surface area contributed by atoms with Gasteiger partial charge in [-0.15, -0.1) is 5.10 Å². The van der Waals surface area contributed by atoms with Crippen molar-refractivity contribution in [3.8, 4) is 5.69 Å². The molecular formula is C28H34N4O2. The SMILES string of the molecule is CCc1ccc(-n2nc(N3CCCC(C(=O)NC(C)CCc4ccccc4)C3)ccc2=O)cc1. The van der Waals surface area contributed by atoms with Gasteiger partial charge in [0.15, 0.2) is 0 Å². The number of anilines is 1. The molecule has 0 spiro atoms. The highest BCUT2D eigenvalue weighted by molar-refractivity contribution is 5.79. The fourth-order valence-electron chi connectivity index (χ4n) is 4.49. The first-order chi connectivity index (χ1) is 16.5. The molecule has 1 aliphatic rings. The van der Waals surface area contributed by atoms with E-state index in [1.165, 1.54) is 15.8 Å². The van der Waals surface area contributed by atoms with Crippen LogP contribution in [0.25, 0.3) is 5.69 Å². The van der Waals surface area contributed by atoms with E-state index in [0.29, 0.717) is 6.54 Å². The molecule has 34 heavy (non-hydrogen) atoms. The van der Waals surface area contributed by atoms with Crippen LogP contribution in [-0.2, 0) is 17.6 Å². The van der Waals surface area contributed by atoms with E-state index in [2.05, 4.69) is 41.3 Å². The number of rotatable bonds is 8. The Kier molecular flexibility index (Phi) is 7.78. The quantitative estimate of drug-likeness (QED) is 0.551. The van der Waals surface area contributed by atoms with Crippen LogP contribution in [0.5, 0.6) is 0 Å². The van der Waals surface area contributed by atoms with E-state index in [0.717, 1.165) is 50.2 Å². The average molecular weight is 459 g/mol. The molecule has 1 amide bonds. The Hall–Kier alpha value is -3.41. The summed E-state index contributed by atoms with van der Waals surface area (Å²) in [6.07, 6.45) is 4.60. The number of hydrogen-bond acceptors (Lipinski definition) is 4. The maximum atomic E-state index is 13.0. The highest BCUT2D eigenvalue weighted by Crippen LogP contribution is 2.22. The monoisotopic (exact) mass is 458 g/mol. The van der Waals surface area contributed by atoms with Crippen molar-refractivity contribution in [1.29, 1.82) is 0 Å². The molecule has 1 aromatic heterocycles. The van der Waals surface area contributed by atoms with Gasteiger partial charge in [-0.25, -0.2) is 0 Å². The van der Waals surface area contributed by atoms with Gasteiger partial charge in [0.2, 0.25) is 5.91 Å². The Bertz CT molecular complexity index is 1140. The van der Waals surface area contributed by atoms with E-state index < -0.39 is 0 Å². The number of hydrogen-bond donors (Lipinski definition) is 1. The molecule has 1 saturated heterocycles. The van der Waals surface area contributed by atoms with Crippen molar-refractivity contribution in [3.05, 3.63) is 88.2 Å². The summed E-state index contributed by atoms with van der Waals surface area (Å²) in [5, 5.41) is 7.85. The number of amides is 1. The van der Waals surface area contributed by atoms with E-state index in [9.17, 15) is 9.59 Å². The molecule has 3 aromatic rings. The summed E-state index contributed by atoms with van der Waals surface area (Å²) in [6, 6.07) is 21.7. The Morgan fingerprint density at radius 2 is 1.82 bits per heavy atom. The average Bonchev–Trinajstić information content (AvgIpc) is 2.88. The number of carbonyl (C=O) groups excluding carboxylic acids is 1. The van der Waals surface area contributed by atoms with Crippen molar-refractivity contribution in [2.24, 2.45) is 5.92 Å². The molecule has 6 nitrogen and oxygen atoms in total. The van der Waals surface area contributed by atoms with Crippen LogP contribution >= 0.6 is 0 Å². The lowest BCUT2D eigenvalue weighted by Gasteiger charge is -2.33. The maximum Gasteiger partial charge on any atom is 0.271 e. The molecule has 0 radical (unpaired) electrons. The third-order valence-corrected chi connectivity index (χ3v) is 6.59. The molecule has 1 fully saturated rings. The highest BCUT2D eigenvalue weighted by Gasteiger charge is 2.27. The van der Waals surface area contributed by atoms with E-state index >= 15 is 0 Å². The van der Waals surface area contributed by atoms with Gasteiger partial charge in [0.1, 0.15) is 5.82 Å². The van der Waals surface area contributed by atoms with Crippen molar-refractivity contribution < 1.29 is 4.79 Å². The van der Waals surface area contributed by atoms with Gasteiger partial charge < -0.3 is 10.2 Å². The molecule has 1 aliphatic heterocycles. The summed E-state index contributed by atoms with van der Waals surface area (Å²) in [5.74, 6) is 0.751. The fourth-order valence-corrected chi connectivity index (χ4v) is 4.49. The minimum atomic E-state index is -0.161. The van der Waals surface area contributed by atoms with Crippen LogP contribution in [0, 0.1) is 5.92 Å². The van der Waals surface area contributed by atoms with Crippen molar-refractivity contribution in [2.45, 2.75) is 52.0 Å². The zero-order chi connectivity index (χ0) is 23.9. The van der Waals surface area contributed by atoms with Crippen LogP contribution in [0.1, 0.15) is 44.2 Å². The van der Waals surface area contributed by atoms with Crippen LogP contribution < -0.4 is 15.8 Å². The van der Waals surface area contributed by atoms with Crippen molar-refractivity contribution in [2.75, 3.05) is 18.0 Å². The van der Waals surface area contributed by atoms with Gasteiger partial charge in [0.25, 0.3) is 5.56 Å². The van der Waals surface area contributed by atoms with Crippen LogP contribution in [0.2, 0.25) is 0 Å². The van der Waals surface area contributed by atoms with E-state index in [-0.39, 0.29) is 23.4 Å². The number of piperidine rings is 1. The lowest BCUT2D eigenvalue weighted by molar-refractivity contribution is -0.125. The predicted molar refractivity (Wildman–Crippen MR) is 137 cm³/mol. The molecule has 1 N–H and O–H groups in total. The molecule has 2 unspecified atom stereocenters. The standard InChI is InChI=1S/C28H34N4O2/c1-3-22-13-15-25(16-14-22)32-27(33)18-17-26(30-32)31-19-7-10-24(20-31)28(34)29-21(2)11-12-23-8-5-4-6-9-23/h4-6,8-9,13-18,21,24H,3,7,10-12,19-20H2,1-2H3,(H,29,34). The van der Waals surface area contributed by atoms with Gasteiger partial charge in [-0.05, 0) is 68.4 Å². The van der Waals surface area contributed by atoms with Crippen molar-refractivity contribution in [3.63, 3.8) is 0 Å². The summed E-state index contributed by atoms with van der Waals surface area (Å²) in [5.41, 5.74) is 3.10. The Labute approximate surface area is 201 Å². The Morgan fingerprint density at radius 3 is 2.56 bits per heavy atom. The number of nitrogens with one attached hydrogen (secondary N) is 1. The number of aryl methyl sites for hydroxylation is 2. The van der Waals surface area contributed by atoms with Crippen LogP contribution in [-0.4, -0.2) is 34.8 Å². The molecule has 2 heterocycles. The number of benzene rings is 2. The molecule has 6 heteroatoms. The fraction of sp³-hybridized carbons (Fsp3) is 0.393. The van der Waals surface area contributed by atoms with Crippen molar-refractivity contribution in [1.82, 2.24) is 15.1 Å². The highest BCUT2D eigenvalue weighted by atomic mass is 16.2. The van der Waals surface area contributed by atoms with Gasteiger partial charge in [-0.3, -0.25) is 9.59 Å². The largest absolute Gasteiger partial charge is 0.354 e. The lowest BCUT2D eigenvalue weighted by Crippen LogP contribution is -2.46. The van der Waals surface area contributed by atoms with Crippen molar-refractivity contribution >= 4 is 11.7 Å². The zero-order valence-electron chi connectivity index (χ0n) is 20.1. The second-order valence-corrected chi connectivity index (χ2v) is 9.18. The van der Waals surface area contributed by atoms with E-state index in [1.807, 2.05) is 42.5 Å². The zero-order valence-corrected chi connectivity index (χ0v) is 20.1. The molecule has 2 aromatic carbocycles. The molecule has 178 valence electrons. The predicted octanol–water partition coefficient (Wildman–Crippen LogP) is 4.15. The van der Waals surface area contributed by atoms with Crippen LogP contribution in [0.4, 0.5) is 5.82 Å². The van der Waals surface area contributed by atoms with Gasteiger partial charge in [0, 0.05) is 25.2 Å². The smallest absolute Gasteiger partial charge is 0.271 e. The Balaban J connectivity index is 1.39. The molecule has 0 bridgehead atoms. The molecule has 4 rings (SSSR count). The van der Waals surface area contributed by atoms with E-state index in [4.69, 9.17) is 0 Å². The molecular weight excluding hydrogens is 424 g/mol. The summed E-state index contributed by atoms with van der Waals surface area (Å²) in [4.78, 5) is 27.6. The summed E-state index contributed by atoms with van der Waals surface area (Å²) in [7, 11) is 0. The minimum Gasteiger partial charge on any atom is -0.354 e. The van der Waals surface area contributed by atoms with Gasteiger partial charge in [0.05, 0.1) is 11.6 Å².